The number of hydrogen-bond acceptors (Lipinski definition) is 5. The second kappa shape index (κ2) is 8.82. The molecule has 2 atom stereocenters. The smallest absolute Gasteiger partial charge is 0.239 e. The second-order valence-electron chi connectivity index (χ2n) is 8.37. The number of hydrogen-bond donors (Lipinski definition) is 1. The molecule has 2 saturated heterocycles. The van der Waals surface area contributed by atoms with Gasteiger partial charge in [-0.15, -0.1) is 0 Å². The highest BCUT2D eigenvalue weighted by Gasteiger charge is 2.36. The van der Waals surface area contributed by atoms with Gasteiger partial charge in [-0.1, -0.05) is 12.1 Å². The number of likely N-dealkylation sites (tertiary alicyclic amines) is 1. The number of nitrogens with zero attached hydrogens (tertiary/aromatic N) is 2. The van der Waals surface area contributed by atoms with Gasteiger partial charge in [0.1, 0.15) is 5.75 Å². The quantitative estimate of drug-likeness (QED) is 0.780. The largest absolute Gasteiger partial charge is 0.508 e. The van der Waals surface area contributed by atoms with E-state index in [1.165, 1.54) is 5.56 Å². The summed E-state index contributed by atoms with van der Waals surface area (Å²) in [5.41, 5.74) is 1.25. The summed E-state index contributed by atoms with van der Waals surface area (Å²) >= 11 is 0. The maximum absolute atomic E-state index is 12.8. The Hall–Kier alpha value is -1.60. The molecule has 2 aliphatic rings. The van der Waals surface area contributed by atoms with Crippen LogP contribution < -0.4 is 0 Å². The molecule has 2 unspecified atom stereocenters. The first kappa shape index (κ1) is 21.1. The third-order valence-electron chi connectivity index (χ3n) is 6.44. The van der Waals surface area contributed by atoms with E-state index in [2.05, 4.69) is 4.90 Å². The van der Waals surface area contributed by atoms with Crippen LogP contribution in [0.2, 0.25) is 0 Å². The molecule has 1 aromatic carbocycles. The van der Waals surface area contributed by atoms with Crippen molar-refractivity contribution in [3.05, 3.63) is 29.8 Å². The van der Waals surface area contributed by atoms with Crippen LogP contribution in [-0.4, -0.2) is 73.0 Å². The number of aryl methyl sites for hydroxylation is 1. The Bertz CT molecular complexity index is 770. The topological polar surface area (TPSA) is 77.9 Å². The SMILES string of the molecule is CC(C(=O)N(C)C1CCS(=O)(=O)C1)N1CCC(CCc2ccc(O)cc2)CC1. The minimum atomic E-state index is -2.98. The highest BCUT2D eigenvalue weighted by Crippen LogP contribution is 2.25. The standard InChI is InChI=1S/C21H32N2O4S/c1-16(21(25)22(2)19-11-14-28(26,27)15-19)23-12-9-18(10-13-23)4-3-17-5-7-20(24)8-6-17/h5-8,16,18-19,24H,3-4,9-15H2,1-2H3. The van der Waals surface area contributed by atoms with E-state index in [9.17, 15) is 18.3 Å². The molecule has 0 saturated carbocycles. The molecule has 3 rings (SSSR count). The van der Waals surface area contributed by atoms with Crippen LogP contribution in [0.3, 0.4) is 0 Å². The Morgan fingerprint density at radius 2 is 1.86 bits per heavy atom. The number of likely N-dealkylation sites (N-methyl/N-ethyl adjacent to an activating group) is 1. The molecule has 0 bridgehead atoms. The molecule has 2 aliphatic heterocycles. The zero-order valence-electron chi connectivity index (χ0n) is 16.9. The van der Waals surface area contributed by atoms with Gasteiger partial charge in [-0.2, -0.15) is 0 Å². The highest BCUT2D eigenvalue weighted by atomic mass is 32.2. The van der Waals surface area contributed by atoms with E-state index in [0.29, 0.717) is 18.1 Å². The van der Waals surface area contributed by atoms with E-state index in [0.717, 1.165) is 38.8 Å². The number of piperidine rings is 1. The number of carbonyl (C=O) groups excluding carboxylic acids is 1. The third-order valence-corrected chi connectivity index (χ3v) is 8.19. The van der Waals surface area contributed by atoms with Crippen LogP contribution in [0.1, 0.15) is 38.2 Å². The van der Waals surface area contributed by atoms with Crippen LogP contribution in [0.4, 0.5) is 0 Å². The lowest BCUT2D eigenvalue weighted by molar-refractivity contribution is -0.137. The summed E-state index contributed by atoms with van der Waals surface area (Å²) in [4.78, 5) is 16.7. The summed E-state index contributed by atoms with van der Waals surface area (Å²) in [7, 11) is -1.24. The minimum Gasteiger partial charge on any atom is -0.508 e. The first-order valence-corrected chi connectivity index (χ1v) is 12.1. The van der Waals surface area contributed by atoms with Gasteiger partial charge in [0.05, 0.1) is 17.5 Å². The van der Waals surface area contributed by atoms with Crippen LogP contribution in [0, 0.1) is 5.92 Å². The Kier molecular flexibility index (Phi) is 6.65. The van der Waals surface area contributed by atoms with E-state index in [-0.39, 0.29) is 29.5 Å². The number of sulfone groups is 1. The molecule has 0 spiro atoms. The molecule has 0 aromatic heterocycles. The number of amides is 1. The van der Waals surface area contributed by atoms with Crippen molar-refractivity contribution in [3.8, 4) is 5.75 Å². The van der Waals surface area contributed by atoms with Crippen molar-refractivity contribution in [2.75, 3.05) is 31.6 Å². The average Bonchev–Trinajstić information content (AvgIpc) is 3.06. The number of rotatable bonds is 6. The van der Waals surface area contributed by atoms with Crippen molar-refractivity contribution in [3.63, 3.8) is 0 Å². The van der Waals surface area contributed by atoms with E-state index >= 15 is 0 Å². The summed E-state index contributed by atoms with van der Waals surface area (Å²) < 4.78 is 23.4. The maximum atomic E-state index is 12.8. The summed E-state index contributed by atoms with van der Waals surface area (Å²) in [5, 5.41) is 9.37. The molecular formula is C21H32N2O4S. The van der Waals surface area contributed by atoms with Gasteiger partial charge in [0.25, 0.3) is 0 Å². The molecule has 0 radical (unpaired) electrons. The van der Waals surface area contributed by atoms with Gasteiger partial charge in [-0.05, 0) is 75.7 Å². The van der Waals surface area contributed by atoms with Gasteiger partial charge in [0.2, 0.25) is 5.91 Å². The molecule has 7 heteroatoms. The third kappa shape index (κ3) is 5.26. The van der Waals surface area contributed by atoms with Crippen molar-refractivity contribution in [1.29, 1.82) is 0 Å². The predicted molar refractivity (Wildman–Crippen MR) is 110 cm³/mol. The summed E-state index contributed by atoms with van der Waals surface area (Å²) in [6, 6.07) is 7.04. The average molecular weight is 409 g/mol. The molecule has 1 N–H and O–H groups in total. The van der Waals surface area contributed by atoms with Crippen molar-refractivity contribution in [2.45, 2.75) is 51.1 Å². The fourth-order valence-electron chi connectivity index (χ4n) is 4.37. The molecule has 6 nitrogen and oxygen atoms in total. The monoisotopic (exact) mass is 408 g/mol. The van der Waals surface area contributed by atoms with Crippen molar-refractivity contribution in [2.24, 2.45) is 5.92 Å². The zero-order valence-corrected chi connectivity index (χ0v) is 17.7. The number of aromatic hydroxyl groups is 1. The molecule has 2 heterocycles. The van der Waals surface area contributed by atoms with E-state index in [1.54, 1.807) is 24.1 Å². The van der Waals surface area contributed by atoms with Crippen LogP contribution in [0.5, 0.6) is 5.75 Å². The molecule has 2 fully saturated rings. The van der Waals surface area contributed by atoms with Gasteiger partial charge >= 0.3 is 0 Å². The molecule has 156 valence electrons. The zero-order chi connectivity index (χ0) is 20.3. The first-order valence-electron chi connectivity index (χ1n) is 10.2. The number of phenols is 1. The highest BCUT2D eigenvalue weighted by molar-refractivity contribution is 7.91. The predicted octanol–water partition coefficient (Wildman–Crippen LogP) is 2.07. The Morgan fingerprint density at radius 1 is 1.21 bits per heavy atom. The van der Waals surface area contributed by atoms with Crippen molar-refractivity contribution < 1.29 is 18.3 Å². The van der Waals surface area contributed by atoms with E-state index < -0.39 is 9.84 Å². The number of benzene rings is 1. The van der Waals surface area contributed by atoms with E-state index in [4.69, 9.17) is 0 Å². The van der Waals surface area contributed by atoms with Crippen LogP contribution in [0.15, 0.2) is 24.3 Å². The number of carbonyl (C=O) groups is 1. The van der Waals surface area contributed by atoms with Crippen molar-refractivity contribution >= 4 is 15.7 Å². The van der Waals surface area contributed by atoms with Gasteiger partial charge in [-0.25, -0.2) is 8.42 Å². The Balaban J connectivity index is 1.44. The molecule has 1 aromatic rings. The van der Waals surface area contributed by atoms with E-state index in [1.807, 2.05) is 19.1 Å². The lowest BCUT2D eigenvalue weighted by atomic mass is 9.90. The second-order valence-corrected chi connectivity index (χ2v) is 10.6. The van der Waals surface area contributed by atoms with Gasteiger partial charge in [-0.3, -0.25) is 9.69 Å². The minimum absolute atomic E-state index is 0.0321. The Labute approximate surface area is 168 Å². The normalized spacial score (nSPS) is 24.1. The van der Waals surface area contributed by atoms with Crippen molar-refractivity contribution in [1.82, 2.24) is 9.80 Å². The summed E-state index contributed by atoms with van der Waals surface area (Å²) in [5.74, 6) is 1.28. The number of phenolic OH excluding ortho intramolecular Hbond substituents is 1. The van der Waals surface area contributed by atoms with Gasteiger partial charge < -0.3 is 10.0 Å². The molecule has 28 heavy (non-hydrogen) atoms. The lowest BCUT2D eigenvalue weighted by Gasteiger charge is -2.37. The van der Waals surface area contributed by atoms with Crippen LogP contribution in [-0.2, 0) is 21.1 Å². The molecule has 0 aliphatic carbocycles. The fraction of sp³-hybridized carbons (Fsp3) is 0.667. The summed E-state index contributed by atoms with van der Waals surface area (Å²) in [6.45, 7) is 3.76. The Morgan fingerprint density at radius 3 is 2.43 bits per heavy atom. The first-order chi connectivity index (χ1) is 13.2. The van der Waals surface area contributed by atoms with Gasteiger partial charge in [0.15, 0.2) is 9.84 Å². The lowest BCUT2D eigenvalue weighted by Crippen LogP contribution is -2.51. The van der Waals surface area contributed by atoms with Gasteiger partial charge in [0, 0.05) is 13.1 Å². The molecule has 1 amide bonds. The van der Waals surface area contributed by atoms with Crippen LogP contribution >= 0.6 is 0 Å². The summed E-state index contributed by atoms with van der Waals surface area (Å²) in [6.07, 6.45) is 4.85. The van der Waals surface area contributed by atoms with Crippen LogP contribution in [0.25, 0.3) is 0 Å². The fourth-order valence-corrected chi connectivity index (χ4v) is 6.15. The molecular weight excluding hydrogens is 376 g/mol. The maximum Gasteiger partial charge on any atom is 0.239 e.